The lowest BCUT2D eigenvalue weighted by Crippen LogP contribution is -2.55. The Labute approximate surface area is 199 Å². The lowest BCUT2D eigenvalue weighted by molar-refractivity contribution is -0.0562. The van der Waals surface area contributed by atoms with E-state index in [9.17, 15) is 9.90 Å². The zero-order valence-corrected chi connectivity index (χ0v) is 19.8. The Hall–Kier alpha value is -2.47. The topological polar surface area (TPSA) is 62.7 Å². The number of benzene rings is 2. The van der Waals surface area contributed by atoms with Gasteiger partial charge in [0, 0.05) is 28.6 Å². The number of methoxy groups -OCH3 is 1. The van der Waals surface area contributed by atoms with E-state index in [0.29, 0.717) is 22.4 Å². The summed E-state index contributed by atoms with van der Waals surface area (Å²) >= 11 is 6.09. The van der Waals surface area contributed by atoms with Crippen molar-refractivity contribution in [3.63, 3.8) is 0 Å². The van der Waals surface area contributed by atoms with Crippen molar-refractivity contribution in [2.24, 2.45) is 11.8 Å². The largest absolute Gasteiger partial charge is 0.465 e. The van der Waals surface area contributed by atoms with E-state index in [-0.39, 0.29) is 6.04 Å². The highest BCUT2D eigenvalue weighted by molar-refractivity contribution is 6.30. The molecule has 2 unspecified atom stereocenters. The predicted octanol–water partition coefficient (Wildman–Crippen LogP) is 5.50. The summed E-state index contributed by atoms with van der Waals surface area (Å²) in [7, 11) is 1.38. The first-order chi connectivity index (χ1) is 16.0. The van der Waals surface area contributed by atoms with E-state index in [1.165, 1.54) is 20.0 Å². The van der Waals surface area contributed by atoms with Crippen molar-refractivity contribution in [2.45, 2.75) is 38.3 Å². The van der Waals surface area contributed by atoms with Crippen molar-refractivity contribution in [3.05, 3.63) is 64.7 Å². The number of carbonyl (C=O) groups is 1. The van der Waals surface area contributed by atoms with Crippen LogP contribution in [0.4, 0.5) is 0 Å². The van der Waals surface area contributed by atoms with Crippen LogP contribution in [0.25, 0.3) is 22.2 Å². The number of fused-ring (bicyclic) bond motifs is 4. The number of aliphatic hydroxyl groups excluding tert-OH is 1. The Morgan fingerprint density at radius 2 is 2.03 bits per heavy atom. The Bertz CT molecular complexity index is 1180. The maximum Gasteiger partial charge on any atom is 0.337 e. The third-order valence-corrected chi connectivity index (χ3v) is 7.80. The molecule has 0 spiro atoms. The maximum absolute atomic E-state index is 12.2. The summed E-state index contributed by atoms with van der Waals surface area (Å²) in [4.78, 5) is 19.5. The summed E-state index contributed by atoms with van der Waals surface area (Å²) in [6.07, 6.45) is 2.72. The van der Waals surface area contributed by atoms with Crippen LogP contribution < -0.4 is 0 Å². The Balaban J connectivity index is 1.61. The molecule has 0 aliphatic carbocycles. The molecule has 3 aliphatic heterocycles. The monoisotopic (exact) mass is 464 g/mol. The van der Waals surface area contributed by atoms with Crippen LogP contribution in [0.1, 0.15) is 48.2 Å². The molecule has 0 amide bonds. The molecule has 3 saturated heterocycles. The number of halogens is 1. The van der Waals surface area contributed by atoms with Crippen LogP contribution >= 0.6 is 11.6 Å². The number of hydrogen-bond donors (Lipinski definition) is 1. The fraction of sp³-hybridized carbons (Fsp3) is 0.407. The molecule has 3 aromatic rings. The van der Waals surface area contributed by atoms with E-state index in [4.69, 9.17) is 21.3 Å². The number of aliphatic hydroxyl groups is 1. The van der Waals surface area contributed by atoms with Gasteiger partial charge in [-0.25, -0.2) is 9.78 Å². The summed E-state index contributed by atoms with van der Waals surface area (Å²) in [5.74, 6) is 0.978. The second-order valence-electron chi connectivity index (χ2n) is 9.29. The first-order valence-electron chi connectivity index (χ1n) is 11.7. The molecule has 33 heavy (non-hydrogen) atoms. The van der Waals surface area contributed by atoms with E-state index < -0.39 is 12.1 Å². The summed E-state index contributed by atoms with van der Waals surface area (Å²) in [5, 5.41) is 13.2. The van der Waals surface area contributed by atoms with Gasteiger partial charge >= 0.3 is 5.97 Å². The second-order valence-corrected chi connectivity index (χ2v) is 9.72. The molecule has 4 heterocycles. The van der Waals surface area contributed by atoms with Gasteiger partial charge in [-0.1, -0.05) is 37.1 Å². The molecule has 3 aliphatic rings. The Morgan fingerprint density at radius 1 is 1.24 bits per heavy atom. The van der Waals surface area contributed by atoms with Gasteiger partial charge in [-0.15, -0.1) is 0 Å². The molecular formula is C27H29ClN2O3. The molecule has 1 aromatic heterocycles. The summed E-state index contributed by atoms with van der Waals surface area (Å²) in [5.41, 5.74) is 3.72. The maximum atomic E-state index is 12.2. The normalized spacial score (nSPS) is 25.2. The minimum Gasteiger partial charge on any atom is -0.465 e. The van der Waals surface area contributed by atoms with Crippen molar-refractivity contribution in [1.29, 1.82) is 0 Å². The third kappa shape index (κ3) is 4.14. The molecular weight excluding hydrogens is 436 g/mol. The van der Waals surface area contributed by atoms with Crippen LogP contribution in [0.2, 0.25) is 5.02 Å². The number of pyridine rings is 1. The first-order valence-corrected chi connectivity index (χ1v) is 12.1. The number of esters is 1. The Morgan fingerprint density at radius 3 is 2.70 bits per heavy atom. The third-order valence-electron chi connectivity index (χ3n) is 7.55. The van der Waals surface area contributed by atoms with Crippen molar-refractivity contribution in [3.8, 4) is 11.3 Å². The SMILES string of the molecule is CC[C@H]1CN2CCC1C[C@H]2[C@H](O)c1cc(-c2ccc(Cl)cc2)nc2ccc(C(=O)OC)cc12. The standard InChI is InChI=1S/C27H29ClN2O3/c1-3-16-15-30-11-10-18(16)13-25(30)26(31)22-14-24(17-4-7-20(28)8-5-17)29-23-9-6-19(12-21(22)23)27(32)33-2/h4-9,12,14,16,18,25-26,31H,3,10-11,13,15H2,1-2H3/t16-,18?,25-,26+/m0/s1. The molecule has 5 atom stereocenters. The van der Waals surface area contributed by atoms with Gasteiger partial charge in [-0.3, -0.25) is 4.90 Å². The number of aromatic nitrogens is 1. The lowest BCUT2D eigenvalue weighted by atomic mass is 9.72. The lowest BCUT2D eigenvalue weighted by Gasteiger charge is -2.51. The highest BCUT2D eigenvalue weighted by Gasteiger charge is 2.42. The van der Waals surface area contributed by atoms with Crippen molar-refractivity contribution in [1.82, 2.24) is 9.88 Å². The number of carbonyl (C=O) groups excluding carboxylic acids is 1. The van der Waals surface area contributed by atoms with E-state index in [1.807, 2.05) is 36.4 Å². The van der Waals surface area contributed by atoms with Gasteiger partial charge in [-0.05, 0) is 73.2 Å². The van der Waals surface area contributed by atoms with E-state index in [2.05, 4.69) is 11.8 Å². The molecule has 0 saturated carbocycles. The summed E-state index contributed by atoms with van der Waals surface area (Å²) in [6, 6.07) is 14.9. The summed E-state index contributed by atoms with van der Waals surface area (Å²) < 4.78 is 4.93. The predicted molar refractivity (Wildman–Crippen MR) is 130 cm³/mol. The quantitative estimate of drug-likeness (QED) is 0.505. The van der Waals surface area contributed by atoms with Gasteiger partial charge in [0.15, 0.2) is 0 Å². The van der Waals surface area contributed by atoms with Crippen LogP contribution in [0.5, 0.6) is 0 Å². The average Bonchev–Trinajstić information content (AvgIpc) is 2.87. The number of ether oxygens (including phenoxy) is 1. The molecule has 6 heteroatoms. The van der Waals surface area contributed by atoms with Crippen molar-refractivity contribution >= 4 is 28.5 Å². The molecule has 172 valence electrons. The van der Waals surface area contributed by atoms with Gasteiger partial charge in [-0.2, -0.15) is 0 Å². The van der Waals surface area contributed by atoms with Gasteiger partial charge in [0.1, 0.15) is 0 Å². The van der Waals surface area contributed by atoms with Gasteiger partial charge in [0.05, 0.1) is 30.0 Å². The van der Waals surface area contributed by atoms with Gasteiger partial charge in [0.2, 0.25) is 0 Å². The molecule has 2 aromatic carbocycles. The minimum absolute atomic E-state index is 0.0667. The highest BCUT2D eigenvalue weighted by atomic mass is 35.5. The van der Waals surface area contributed by atoms with Crippen LogP contribution in [-0.4, -0.2) is 47.2 Å². The van der Waals surface area contributed by atoms with Crippen molar-refractivity contribution < 1.29 is 14.6 Å². The van der Waals surface area contributed by atoms with Gasteiger partial charge < -0.3 is 9.84 Å². The molecule has 6 rings (SSSR count). The van der Waals surface area contributed by atoms with Crippen LogP contribution in [0, 0.1) is 11.8 Å². The zero-order valence-electron chi connectivity index (χ0n) is 19.0. The fourth-order valence-electron chi connectivity index (χ4n) is 5.69. The molecule has 2 bridgehead atoms. The number of rotatable bonds is 5. The van der Waals surface area contributed by atoms with Crippen LogP contribution in [-0.2, 0) is 4.74 Å². The van der Waals surface area contributed by atoms with E-state index in [1.54, 1.807) is 12.1 Å². The molecule has 3 fully saturated rings. The van der Waals surface area contributed by atoms with Gasteiger partial charge in [0.25, 0.3) is 0 Å². The number of piperidine rings is 3. The smallest absolute Gasteiger partial charge is 0.337 e. The molecule has 5 nitrogen and oxygen atoms in total. The Kier molecular flexibility index (Phi) is 6.12. The average molecular weight is 465 g/mol. The zero-order chi connectivity index (χ0) is 23.1. The van der Waals surface area contributed by atoms with E-state index >= 15 is 0 Å². The highest BCUT2D eigenvalue weighted by Crippen LogP contribution is 2.43. The first kappa shape index (κ1) is 22.3. The molecule has 1 N–H and O–H groups in total. The van der Waals surface area contributed by atoms with Crippen LogP contribution in [0.3, 0.4) is 0 Å². The summed E-state index contributed by atoms with van der Waals surface area (Å²) in [6.45, 7) is 4.34. The number of nitrogens with zero attached hydrogens (tertiary/aromatic N) is 2. The number of hydrogen-bond acceptors (Lipinski definition) is 5. The minimum atomic E-state index is -0.671. The van der Waals surface area contributed by atoms with Crippen LogP contribution in [0.15, 0.2) is 48.5 Å². The molecule has 0 radical (unpaired) electrons. The van der Waals surface area contributed by atoms with Crippen molar-refractivity contribution in [2.75, 3.05) is 20.2 Å². The van der Waals surface area contributed by atoms with E-state index in [0.717, 1.165) is 47.2 Å². The fourth-order valence-corrected chi connectivity index (χ4v) is 5.81. The second kappa shape index (κ2) is 9.05.